The SMILES string of the molecule is CC(C)(C)OC(=O)N1CCC(C(=O)Nc2cc3c4c(c[nH]c4c2)C=NNC3=O)C1c1ccccc1. The number of anilines is 1. The Morgan fingerprint density at radius 2 is 1.94 bits per heavy atom. The number of aromatic amines is 1. The summed E-state index contributed by atoms with van der Waals surface area (Å²) in [6, 6.07) is 12.5. The molecule has 2 aliphatic rings. The largest absolute Gasteiger partial charge is 0.444 e. The van der Waals surface area contributed by atoms with Gasteiger partial charge in [0, 0.05) is 34.9 Å². The number of likely N-dealkylation sites (tertiary alicyclic amines) is 1. The molecule has 2 aliphatic heterocycles. The molecule has 3 aromatic rings. The molecule has 35 heavy (non-hydrogen) atoms. The van der Waals surface area contributed by atoms with Gasteiger partial charge < -0.3 is 19.9 Å². The standard InChI is InChI=1S/C26H27N5O4/c1-26(2,3)35-25(34)31-10-9-18(22(31)15-7-5-4-6-8-15)23(32)29-17-11-19-21-16(13-27-20(21)12-17)14-28-30-24(19)33/h4-8,11-14,18,22,27H,9-10H2,1-3H3,(H,29,32)(H,30,33). The van der Waals surface area contributed by atoms with Gasteiger partial charge in [-0.15, -0.1) is 0 Å². The molecule has 180 valence electrons. The number of amides is 3. The molecule has 2 aromatic carbocycles. The Morgan fingerprint density at radius 3 is 2.69 bits per heavy atom. The Balaban J connectivity index is 1.44. The Labute approximate surface area is 202 Å². The number of carbonyl (C=O) groups is 3. The van der Waals surface area contributed by atoms with Crippen LogP contribution in [0.15, 0.2) is 53.8 Å². The molecule has 2 unspecified atom stereocenters. The number of nitrogens with one attached hydrogen (secondary N) is 3. The number of rotatable bonds is 3. The predicted octanol–water partition coefficient (Wildman–Crippen LogP) is 4.18. The lowest BCUT2D eigenvalue weighted by Gasteiger charge is -2.30. The van der Waals surface area contributed by atoms with E-state index in [0.29, 0.717) is 24.2 Å². The molecule has 1 fully saturated rings. The van der Waals surface area contributed by atoms with Crippen molar-refractivity contribution >= 4 is 40.7 Å². The summed E-state index contributed by atoms with van der Waals surface area (Å²) in [5.74, 6) is -1.07. The molecule has 0 radical (unpaired) electrons. The third-order valence-electron chi connectivity index (χ3n) is 6.20. The summed E-state index contributed by atoms with van der Waals surface area (Å²) in [4.78, 5) is 43.8. The Bertz CT molecular complexity index is 1340. The van der Waals surface area contributed by atoms with Gasteiger partial charge in [0.25, 0.3) is 5.91 Å². The highest BCUT2D eigenvalue weighted by Gasteiger charge is 2.43. The summed E-state index contributed by atoms with van der Waals surface area (Å²) in [7, 11) is 0. The van der Waals surface area contributed by atoms with E-state index in [1.165, 1.54) is 0 Å². The van der Waals surface area contributed by atoms with E-state index in [1.807, 2.05) is 51.1 Å². The van der Waals surface area contributed by atoms with Gasteiger partial charge in [-0.25, -0.2) is 10.2 Å². The summed E-state index contributed by atoms with van der Waals surface area (Å²) < 4.78 is 5.63. The van der Waals surface area contributed by atoms with Crippen molar-refractivity contribution in [2.24, 2.45) is 11.0 Å². The highest BCUT2D eigenvalue weighted by molar-refractivity contribution is 6.15. The van der Waals surface area contributed by atoms with Crippen LogP contribution in [-0.4, -0.2) is 46.2 Å². The lowest BCUT2D eigenvalue weighted by atomic mass is 9.92. The minimum Gasteiger partial charge on any atom is -0.444 e. The number of hydrazone groups is 1. The molecule has 0 bridgehead atoms. The highest BCUT2D eigenvalue weighted by Crippen LogP contribution is 2.39. The van der Waals surface area contributed by atoms with Crippen LogP contribution in [0.1, 0.15) is 54.7 Å². The predicted molar refractivity (Wildman–Crippen MR) is 132 cm³/mol. The van der Waals surface area contributed by atoms with Gasteiger partial charge in [0.05, 0.1) is 23.7 Å². The van der Waals surface area contributed by atoms with Gasteiger partial charge in [-0.2, -0.15) is 5.10 Å². The number of nitrogens with zero attached hydrogens (tertiary/aromatic N) is 2. The molecule has 9 nitrogen and oxygen atoms in total. The third kappa shape index (κ3) is 4.37. The molecular formula is C26H27N5O4. The maximum Gasteiger partial charge on any atom is 0.410 e. The smallest absolute Gasteiger partial charge is 0.410 e. The zero-order valence-electron chi connectivity index (χ0n) is 19.8. The second-order valence-electron chi connectivity index (χ2n) is 9.80. The molecule has 1 aromatic heterocycles. The number of hydrogen-bond donors (Lipinski definition) is 3. The average molecular weight is 474 g/mol. The van der Waals surface area contributed by atoms with Gasteiger partial charge in [0.1, 0.15) is 5.60 Å². The summed E-state index contributed by atoms with van der Waals surface area (Å²) in [5, 5.41) is 7.65. The average Bonchev–Trinajstić information content (AvgIpc) is 3.39. The molecule has 3 amide bonds. The summed E-state index contributed by atoms with van der Waals surface area (Å²) in [6.45, 7) is 5.86. The van der Waals surface area contributed by atoms with Crippen molar-refractivity contribution in [3.63, 3.8) is 0 Å². The van der Waals surface area contributed by atoms with E-state index in [1.54, 1.807) is 29.4 Å². The van der Waals surface area contributed by atoms with Crippen LogP contribution in [0.4, 0.5) is 10.5 Å². The molecule has 2 atom stereocenters. The van der Waals surface area contributed by atoms with Crippen LogP contribution in [0.5, 0.6) is 0 Å². The van der Waals surface area contributed by atoms with Crippen LogP contribution in [-0.2, 0) is 9.53 Å². The van der Waals surface area contributed by atoms with Crippen molar-refractivity contribution in [3.8, 4) is 0 Å². The van der Waals surface area contributed by atoms with Crippen LogP contribution < -0.4 is 10.7 Å². The first-order chi connectivity index (χ1) is 16.7. The van der Waals surface area contributed by atoms with Gasteiger partial charge in [0.15, 0.2) is 0 Å². The molecule has 1 saturated heterocycles. The zero-order chi connectivity index (χ0) is 24.7. The fourth-order valence-electron chi connectivity index (χ4n) is 4.76. The first-order valence-corrected chi connectivity index (χ1v) is 11.6. The molecule has 5 rings (SSSR count). The molecule has 0 aliphatic carbocycles. The number of benzene rings is 2. The highest BCUT2D eigenvalue weighted by atomic mass is 16.6. The maximum absolute atomic E-state index is 13.5. The second-order valence-corrected chi connectivity index (χ2v) is 9.80. The number of H-pyrrole nitrogens is 1. The van der Waals surface area contributed by atoms with Crippen LogP contribution >= 0.6 is 0 Å². The Morgan fingerprint density at radius 1 is 1.17 bits per heavy atom. The van der Waals surface area contributed by atoms with Gasteiger partial charge in [0.2, 0.25) is 5.91 Å². The Kier molecular flexibility index (Phi) is 5.55. The van der Waals surface area contributed by atoms with Crippen molar-refractivity contribution in [2.45, 2.75) is 38.8 Å². The third-order valence-corrected chi connectivity index (χ3v) is 6.20. The van der Waals surface area contributed by atoms with E-state index in [9.17, 15) is 14.4 Å². The van der Waals surface area contributed by atoms with Crippen LogP contribution in [0.2, 0.25) is 0 Å². The molecule has 0 saturated carbocycles. The molecular weight excluding hydrogens is 446 g/mol. The number of carbonyl (C=O) groups excluding carboxylic acids is 3. The lowest BCUT2D eigenvalue weighted by molar-refractivity contribution is -0.120. The number of aromatic nitrogens is 1. The monoisotopic (exact) mass is 473 g/mol. The molecule has 3 heterocycles. The van der Waals surface area contributed by atoms with Gasteiger partial charge in [-0.1, -0.05) is 30.3 Å². The number of hydrogen-bond acceptors (Lipinski definition) is 5. The quantitative estimate of drug-likeness (QED) is 0.529. The van der Waals surface area contributed by atoms with Crippen LogP contribution in [0.3, 0.4) is 0 Å². The van der Waals surface area contributed by atoms with Gasteiger partial charge in [-0.3, -0.25) is 9.59 Å². The van der Waals surface area contributed by atoms with Crippen molar-refractivity contribution in [1.82, 2.24) is 15.3 Å². The lowest BCUT2D eigenvalue weighted by Crippen LogP contribution is -2.38. The van der Waals surface area contributed by atoms with Crippen molar-refractivity contribution in [3.05, 3.63) is 65.4 Å². The normalized spacial score (nSPS) is 19.4. The van der Waals surface area contributed by atoms with E-state index in [4.69, 9.17) is 4.74 Å². The fraction of sp³-hybridized carbons (Fsp3) is 0.308. The van der Waals surface area contributed by atoms with Crippen LogP contribution in [0, 0.1) is 5.92 Å². The summed E-state index contributed by atoms with van der Waals surface area (Å²) >= 11 is 0. The topological polar surface area (TPSA) is 116 Å². The van der Waals surface area contributed by atoms with E-state index in [2.05, 4.69) is 20.8 Å². The van der Waals surface area contributed by atoms with E-state index < -0.39 is 23.7 Å². The summed E-state index contributed by atoms with van der Waals surface area (Å²) in [5.41, 5.74) is 5.13. The minimum atomic E-state index is -0.645. The van der Waals surface area contributed by atoms with Crippen LogP contribution in [0.25, 0.3) is 10.9 Å². The molecule has 0 spiro atoms. The van der Waals surface area contributed by atoms with Crippen molar-refractivity contribution in [1.29, 1.82) is 0 Å². The van der Waals surface area contributed by atoms with Gasteiger partial charge in [-0.05, 0) is 44.9 Å². The van der Waals surface area contributed by atoms with E-state index >= 15 is 0 Å². The first kappa shape index (κ1) is 22.6. The maximum atomic E-state index is 13.5. The number of ether oxygens (including phenoxy) is 1. The minimum absolute atomic E-state index is 0.228. The fourth-order valence-corrected chi connectivity index (χ4v) is 4.76. The Hall–Kier alpha value is -4.14. The second kappa shape index (κ2) is 8.57. The van der Waals surface area contributed by atoms with E-state index in [0.717, 1.165) is 22.0 Å². The molecule has 3 N–H and O–H groups in total. The molecule has 9 heteroatoms. The van der Waals surface area contributed by atoms with Crippen molar-refractivity contribution in [2.75, 3.05) is 11.9 Å². The van der Waals surface area contributed by atoms with Crippen molar-refractivity contribution < 1.29 is 19.1 Å². The van der Waals surface area contributed by atoms with E-state index in [-0.39, 0.29) is 11.8 Å². The zero-order valence-corrected chi connectivity index (χ0v) is 19.8. The summed E-state index contributed by atoms with van der Waals surface area (Å²) in [6.07, 6.45) is 3.39. The van der Waals surface area contributed by atoms with Gasteiger partial charge >= 0.3 is 6.09 Å². The first-order valence-electron chi connectivity index (χ1n) is 11.6.